The molecule has 2 unspecified atom stereocenters. The van der Waals surface area contributed by atoms with Gasteiger partial charge in [-0.15, -0.1) is 0 Å². The van der Waals surface area contributed by atoms with Crippen molar-refractivity contribution in [3.05, 3.63) is 0 Å². The molecule has 0 aromatic heterocycles. The van der Waals surface area contributed by atoms with Gasteiger partial charge in [0.25, 0.3) is 0 Å². The summed E-state index contributed by atoms with van der Waals surface area (Å²) in [6.45, 7) is 8.55. The zero-order valence-corrected chi connectivity index (χ0v) is 11.5. The van der Waals surface area contributed by atoms with Crippen LogP contribution < -0.4 is 5.32 Å². The average Bonchev–Trinajstić information content (AvgIpc) is 3.22. The van der Waals surface area contributed by atoms with Crippen molar-refractivity contribution in [3.8, 4) is 0 Å². The maximum absolute atomic E-state index is 3.73. The minimum absolute atomic E-state index is 0.744. The Hall–Kier alpha value is -0.0800. The van der Waals surface area contributed by atoms with Crippen molar-refractivity contribution in [1.82, 2.24) is 10.2 Å². The molecule has 0 spiro atoms. The average molecular weight is 236 g/mol. The highest BCUT2D eigenvalue weighted by molar-refractivity contribution is 4.99. The first-order chi connectivity index (χ1) is 8.29. The lowest BCUT2D eigenvalue weighted by molar-refractivity contribution is 0.0973. The van der Waals surface area contributed by atoms with Crippen LogP contribution in [0.25, 0.3) is 0 Å². The van der Waals surface area contributed by atoms with Crippen LogP contribution in [0.15, 0.2) is 0 Å². The van der Waals surface area contributed by atoms with Gasteiger partial charge in [-0.05, 0) is 43.4 Å². The molecule has 3 rings (SSSR count). The predicted molar refractivity (Wildman–Crippen MR) is 72.1 cm³/mol. The Labute approximate surface area is 106 Å². The lowest BCUT2D eigenvalue weighted by Crippen LogP contribution is -2.57. The number of nitrogens with zero attached hydrogens (tertiary/aromatic N) is 1. The maximum atomic E-state index is 3.73. The zero-order valence-electron chi connectivity index (χ0n) is 11.5. The number of nitrogens with one attached hydrogen (secondary N) is 1. The topological polar surface area (TPSA) is 15.3 Å². The summed E-state index contributed by atoms with van der Waals surface area (Å²) in [5, 5.41) is 3.73. The Morgan fingerprint density at radius 2 is 1.82 bits per heavy atom. The molecule has 2 nitrogen and oxygen atoms in total. The first-order valence-electron chi connectivity index (χ1n) is 7.77. The van der Waals surface area contributed by atoms with Crippen LogP contribution in [0.4, 0.5) is 0 Å². The van der Waals surface area contributed by atoms with E-state index in [-0.39, 0.29) is 0 Å². The molecule has 0 aromatic carbocycles. The van der Waals surface area contributed by atoms with Crippen molar-refractivity contribution in [1.29, 1.82) is 0 Å². The monoisotopic (exact) mass is 236 g/mol. The van der Waals surface area contributed by atoms with Gasteiger partial charge in [0.1, 0.15) is 0 Å². The second kappa shape index (κ2) is 4.89. The van der Waals surface area contributed by atoms with Gasteiger partial charge in [0.2, 0.25) is 0 Å². The standard InChI is InChI=1S/C15H28N2/c1-3-11(2)14-10-17(9-8-16-14)15(12-4-5-12)13-6-7-13/h11-16H,3-10H2,1-2H3. The highest BCUT2D eigenvalue weighted by atomic mass is 15.2. The number of piperazine rings is 1. The molecule has 3 fully saturated rings. The van der Waals surface area contributed by atoms with Crippen molar-refractivity contribution in [3.63, 3.8) is 0 Å². The molecule has 2 atom stereocenters. The third-order valence-electron chi connectivity index (χ3n) is 5.20. The summed E-state index contributed by atoms with van der Waals surface area (Å²) in [5.41, 5.74) is 0. The van der Waals surface area contributed by atoms with Gasteiger partial charge in [0.15, 0.2) is 0 Å². The lowest BCUT2D eigenvalue weighted by Gasteiger charge is -2.41. The Kier molecular flexibility index (Phi) is 3.45. The summed E-state index contributed by atoms with van der Waals surface area (Å²) in [5.74, 6) is 2.97. The molecular formula is C15H28N2. The van der Waals surface area contributed by atoms with Crippen molar-refractivity contribution in [2.45, 2.75) is 58.0 Å². The van der Waals surface area contributed by atoms with Gasteiger partial charge >= 0.3 is 0 Å². The van der Waals surface area contributed by atoms with Crippen LogP contribution in [-0.4, -0.2) is 36.6 Å². The molecule has 1 heterocycles. The largest absolute Gasteiger partial charge is 0.311 e. The Bertz CT molecular complexity index is 246. The van der Waals surface area contributed by atoms with E-state index in [2.05, 4.69) is 24.1 Å². The van der Waals surface area contributed by atoms with E-state index >= 15 is 0 Å². The van der Waals surface area contributed by atoms with Gasteiger partial charge in [-0.2, -0.15) is 0 Å². The molecule has 2 saturated carbocycles. The number of rotatable bonds is 5. The van der Waals surface area contributed by atoms with E-state index in [0.717, 1.165) is 29.8 Å². The van der Waals surface area contributed by atoms with E-state index in [4.69, 9.17) is 0 Å². The summed E-state index contributed by atoms with van der Waals surface area (Å²) in [6, 6.07) is 1.71. The van der Waals surface area contributed by atoms with E-state index in [9.17, 15) is 0 Å². The minimum atomic E-state index is 0.744. The third kappa shape index (κ3) is 2.68. The zero-order chi connectivity index (χ0) is 11.8. The van der Waals surface area contributed by atoms with E-state index < -0.39 is 0 Å². The van der Waals surface area contributed by atoms with Gasteiger partial charge in [-0.3, -0.25) is 4.90 Å². The summed E-state index contributed by atoms with van der Waals surface area (Å²) in [6.07, 6.45) is 7.36. The van der Waals surface area contributed by atoms with Crippen molar-refractivity contribution < 1.29 is 0 Å². The van der Waals surface area contributed by atoms with Gasteiger partial charge in [0.05, 0.1) is 0 Å². The van der Waals surface area contributed by atoms with E-state index in [1.807, 2.05) is 0 Å². The fourth-order valence-corrected chi connectivity index (χ4v) is 3.60. The quantitative estimate of drug-likeness (QED) is 0.789. The van der Waals surface area contributed by atoms with Crippen LogP contribution in [0, 0.1) is 17.8 Å². The minimum Gasteiger partial charge on any atom is -0.311 e. The van der Waals surface area contributed by atoms with Crippen molar-refractivity contribution in [2.75, 3.05) is 19.6 Å². The molecule has 2 heteroatoms. The van der Waals surface area contributed by atoms with E-state index in [1.165, 1.54) is 51.7 Å². The fraction of sp³-hybridized carbons (Fsp3) is 1.00. The SMILES string of the molecule is CCC(C)C1CN(C(C2CC2)C2CC2)CCN1. The maximum Gasteiger partial charge on any atom is 0.0221 e. The molecule has 3 aliphatic rings. The smallest absolute Gasteiger partial charge is 0.0221 e. The first-order valence-corrected chi connectivity index (χ1v) is 7.77. The summed E-state index contributed by atoms with van der Waals surface area (Å²) in [7, 11) is 0. The molecule has 17 heavy (non-hydrogen) atoms. The lowest BCUT2D eigenvalue weighted by atomic mass is 9.95. The first kappa shape index (κ1) is 12.0. The second-order valence-corrected chi connectivity index (χ2v) is 6.61. The summed E-state index contributed by atoms with van der Waals surface area (Å²) < 4.78 is 0. The Balaban J connectivity index is 1.61. The predicted octanol–water partition coefficient (Wildman–Crippen LogP) is 2.49. The van der Waals surface area contributed by atoms with Gasteiger partial charge < -0.3 is 5.32 Å². The number of hydrogen-bond donors (Lipinski definition) is 1. The molecule has 1 saturated heterocycles. The third-order valence-corrected chi connectivity index (χ3v) is 5.20. The molecule has 0 bridgehead atoms. The van der Waals surface area contributed by atoms with Crippen molar-refractivity contribution >= 4 is 0 Å². The second-order valence-electron chi connectivity index (χ2n) is 6.61. The molecule has 98 valence electrons. The highest BCUT2D eigenvalue weighted by Gasteiger charge is 2.45. The van der Waals surface area contributed by atoms with Crippen LogP contribution >= 0.6 is 0 Å². The van der Waals surface area contributed by atoms with E-state index in [1.54, 1.807) is 0 Å². The van der Waals surface area contributed by atoms with Gasteiger partial charge in [-0.25, -0.2) is 0 Å². The molecule has 0 amide bonds. The summed E-state index contributed by atoms with van der Waals surface area (Å²) >= 11 is 0. The van der Waals surface area contributed by atoms with Crippen LogP contribution in [0.5, 0.6) is 0 Å². The normalized spacial score (nSPS) is 33.0. The molecule has 2 aliphatic carbocycles. The molecular weight excluding hydrogens is 208 g/mol. The summed E-state index contributed by atoms with van der Waals surface area (Å²) in [4.78, 5) is 2.85. The van der Waals surface area contributed by atoms with Crippen LogP contribution in [0.3, 0.4) is 0 Å². The molecule has 0 aromatic rings. The fourth-order valence-electron chi connectivity index (χ4n) is 3.60. The molecule has 1 aliphatic heterocycles. The molecule has 0 radical (unpaired) electrons. The van der Waals surface area contributed by atoms with Crippen LogP contribution in [0.1, 0.15) is 46.0 Å². The van der Waals surface area contributed by atoms with E-state index in [0.29, 0.717) is 0 Å². The van der Waals surface area contributed by atoms with Crippen LogP contribution in [0.2, 0.25) is 0 Å². The van der Waals surface area contributed by atoms with Crippen LogP contribution in [-0.2, 0) is 0 Å². The van der Waals surface area contributed by atoms with Crippen molar-refractivity contribution in [2.24, 2.45) is 17.8 Å². The van der Waals surface area contributed by atoms with Gasteiger partial charge in [0, 0.05) is 31.7 Å². The Morgan fingerprint density at radius 3 is 2.35 bits per heavy atom. The number of hydrogen-bond acceptors (Lipinski definition) is 2. The highest BCUT2D eigenvalue weighted by Crippen LogP contribution is 2.47. The molecule has 1 N–H and O–H groups in total. The Morgan fingerprint density at radius 1 is 1.18 bits per heavy atom. The van der Waals surface area contributed by atoms with Gasteiger partial charge in [-0.1, -0.05) is 20.3 Å².